The number of hydrogen-bond donors (Lipinski definition) is 3. The third-order valence-corrected chi connectivity index (χ3v) is 6.16. The van der Waals surface area contributed by atoms with Crippen LogP contribution in [0.3, 0.4) is 0 Å². The predicted octanol–water partition coefficient (Wildman–Crippen LogP) is 3.42. The summed E-state index contributed by atoms with van der Waals surface area (Å²) in [5, 5.41) is 24.2. The Morgan fingerprint density at radius 3 is 2.59 bits per heavy atom. The number of imidazole rings is 1. The van der Waals surface area contributed by atoms with Crippen molar-refractivity contribution in [1.29, 1.82) is 5.26 Å². The van der Waals surface area contributed by atoms with Crippen LogP contribution in [-0.2, 0) is 11.2 Å². The van der Waals surface area contributed by atoms with Crippen LogP contribution >= 0.6 is 0 Å². The number of amides is 2. The monoisotopic (exact) mass is 525 g/mol. The zero-order chi connectivity index (χ0) is 27.9. The fourth-order valence-electron chi connectivity index (χ4n) is 4.24. The Morgan fingerprint density at radius 2 is 1.92 bits per heavy atom. The molecule has 0 saturated heterocycles. The van der Waals surface area contributed by atoms with Crippen LogP contribution in [0.2, 0.25) is 0 Å². The fraction of sp³-hybridized carbons (Fsp3) is 0.267. The van der Waals surface area contributed by atoms with Crippen LogP contribution in [0.25, 0.3) is 16.9 Å². The largest absolute Gasteiger partial charge is 0.490 e. The number of hydrogen-bond acceptors (Lipinski definition) is 6. The number of nitrogens with one attached hydrogen (secondary N) is 2. The number of aliphatic hydroxyl groups excluding tert-OH is 1. The molecule has 0 aliphatic rings. The van der Waals surface area contributed by atoms with Gasteiger partial charge >= 0.3 is 0 Å². The summed E-state index contributed by atoms with van der Waals surface area (Å²) in [7, 11) is 0. The lowest BCUT2D eigenvalue weighted by Crippen LogP contribution is -2.45. The van der Waals surface area contributed by atoms with Gasteiger partial charge in [0, 0.05) is 30.1 Å². The van der Waals surface area contributed by atoms with E-state index in [9.17, 15) is 14.9 Å². The number of carbonyl (C=O) groups excluding carboxylic acids is 2. The van der Waals surface area contributed by atoms with Gasteiger partial charge in [0.1, 0.15) is 24.1 Å². The molecule has 9 heteroatoms. The first-order valence-electron chi connectivity index (χ1n) is 12.7. The van der Waals surface area contributed by atoms with Crippen molar-refractivity contribution in [3.63, 3.8) is 0 Å². The maximum Gasteiger partial charge on any atom is 0.251 e. The summed E-state index contributed by atoms with van der Waals surface area (Å²) in [6.07, 6.45) is 4.27. The quantitative estimate of drug-likeness (QED) is 0.291. The molecule has 1 atom stereocenters. The summed E-state index contributed by atoms with van der Waals surface area (Å²) in [6, 6.07) is 18.2. The summed E-state index contributed by atoms with van der Waals surface area (Å²) < 4.78 is 7.63. The summed E-state index contributed by atoms with van der Waals surface area (Å²) in [5.74, 6) is -0.507. The molecular formula is C30H31N5O4. The van der Waals surface area contributed by atoms with Gasteiger partial charge in [0.15, 0.2) is 0 Å². The van der Waals surface area contributed by atoms with Crippen molar-refractivity contribution >= 4 is 17.5 Å². The van der Waals surface area contributed by atoms with E-state index < -0.39 is 18.6 Å². The normalized spacial score (nSPS) is 11.7. The highest BCUT2D eigenvalue weighted by atomic mass is 16.5. The average molecular weight is 526 g/mol. The zero-order valence-electron chi connectivity index (χ0n) is 22.1. The Bertz CT molecular complexity index is 1520. The number of ether oxygens (including phenoxy) is 1. The van der Waals surface area contributed by atoms with Crippen LogP contribution in [0.1, 0.15) is 40.9 Å². The van der Waals surface area contributed by atoms with E-state index in [0.717, 1.165) is 28.0 Å². The number of rotatable bonds is 10. The molecule has 0 unspecified atom stereocenters. The van der Waals surface area contributed by atoms with E-state index in [0.29, 0.717) is 17.7 Å². The minimum atomic E-state index is -0.642. The summed E-state index contributed by atoms with van der Waals surface area (Å²) in [6.45, 7) is 5.22. The molecule has 9 nitrogen and oxygen atoms in total. The first kappa shape index (κ1) is 27.4. The Labute approximate surface area is 227 Å². The fourth-order valence-corrected chi connectivity index (χ4v) is 4.24. The Kier molecular flexibility index (Phi) is 8.59. The van der Waals surface area contributed by atoms with Gasteiger partial charge in [0.25, 0.3) is 5.91 Å². The minimum Gasteiger partial charge on any atom is -0.490 e. The van der Waals surface area contributed by atoms with Gasteiger partial charge in [0.05, 0.1) is 23.4 Å². The maximum atomic E-state index is 13.1. The number of nitrogens with zero attached hydrogens (tertiary/aromatic N) is 3. The number of pyridine rings is 1. The average Bonchev–Trinajstić information content (AvgIpc) is 3.37. The van der Waals surface area contributed by atoms with Crippen molar-refractivity contribution in [1.82, 2.24) is 20.0 Å². The first-order valence-corrected chi connectivity index (χ1v) is 12.7. The van der Waals surface area contributed by atoms with Crippen molar-refractivity contribution in [2.75, 3.05) is 13.2 Å². The number of benzene rings is 2. The standard InChI is InChI=1S/C30H31N5O4/c1-19(2)39-27-11-10-23(14-24(27)15-31)30(38)33-25(16-32-28(37)18-36)13-21-6-8-22(9-7-21)26-17-35-12-4-5-20(3)29(35)34-26/h4-12,14,17,19,25,36H,13,16,18H2,1-3H3,(H,32,37)(H,33,38)/t25-/m0/s1. The molecule has 0 saturated carbocycles. The van der Waals surface area contributed by atoms with Gasteiger partial charge in [-0.1, -0.05) is 30.3 Å². The van der Waals surface area contributed by atoms with Gasteiger partial charge < -0.3 is 24.9 Å². The van der Waals surface area contributed by atoms with E-state index in [4.69, 9.17) is 14.8 Å². The molecule has 0 spiro atoms. The van der Waals surface area contributed by atoms with Crippen LogP contribution < -0.4 is 15.4 Å². The van der Waals surface area contributed by atoms with Crippen LogP contribution in [0.15, 0.2) is 67.0 Å². The molecule has 0 aliphatic carbocycles. The molecule has 2 aromatic carbocycles. The van der Waals surface area contributed by atoms with Crippen LogP contribution in [-0.4, -0.2) is 51.6 Å². The number of aryl methyl sites for hydroxylation is 1. The molecule has 2 heterocycles. The third kappa shape index (κ3) is 6.80. The lowest BCUT2D eigenvalue weighted by Gasteiger charge is -2.20. The minimum absolute atomic E-state index is 0.112. The maximum absolute atomic E-state index is 13.1. The predicted molar refractivity (Wildman–Crippen MR) is 147 cm³/mol. The van der Waals surface area contributed by atoms with Crippen LogP contribution in [0, 0.1) is 18.3 Å². The van der Waals surface area contributed by atoms with E-state index >= 15 is 0 Å². The third-order valence-electron chi connectivity index (χ3n) is 6.16. The Hall–Kier alpha value is -4.68. The van der Waals surface area contributed by atoms with Crippen molar-refractivity contribution in [3.05, 3.63) is 89.2 Å². The second-order valence-corrected chi connectivity index (χ2v) is 9.57. The van der Waals surface area contributed by atoms with Crippen molar-refractivity contribution in [2.24, 2.45) is 0 Å². The molecule has 4 rings (SSSR count). The van der Waals surface area contributed by atoms with Crippen molar-refractivity contribution < 1.29 is 19.4 Å². The summed E-state index contributed by atoms with van der Waals surface area (Å²) >= 11 is 0. The molecule has 39 heavy (non-hydrogen) atoms. The number of aliphatic hydroxyl groups is 1. The zero-order valence-corrected chi connectivity index (χ0v) is 22.1. The number of nitriles is 1. The first-order chi connectivity index (χ1) is 18.8. The SMILES string of the molecule is Cc1cccn2cc(-c3ccc(C[C@@H](CNC(=O)CO)NC(=O)c4ccc(OC(C)C)c(C#N)c4)cc3)nc12. The summed E-state index contributed by atoms with van der Waals surface area (Å²) in [4.78, 5) is 29.5. The van der Waals surface area contributed by atoms with Gasteiger partial charge in [-0.25, -0.2) is 4.98 Å². The molecule has 200 valence electrons. The van der Waals surface area contributed by atoms with E-state index in [1.54, 1.807) is 12.1 Å². The van der Waals surface area contributed by atoms with Gasteiger partial charge in [-0.2, -0.15) is 5.26 Å². The highest BCUT2D eigenvalue weighted by molar-refractivity contribution is 5.95. The molecule has 2 amide bonds. The molecule has 0 radical (unpaired) electrons. The molecule has 0 bridgehead atoms. The smallest absolute Gasteiger partial charge is 0.251 e. The lowest BCUT2D eigenvalue weighted by atomic mass is 10.0. The van der Waals surface area contributed by atoms with Gasteiger partial charge in [0.2, 0.25) is 5.91 Å². The van der Waals surface area contributed by atoms with E-state index in [1.807, 2.05) is 74.0 Å². The second kappa shape index (κ2) is 12.2. The van der Waals surface area contributed by atoms with Gasteiger partial charge in [-0.3, -0.25) is 9.59 Å². The number of carbonyl (C=O) groups is 2. The molecule has 2 aromatic heterocycles. The van der Waals surface area contributed by atoms with Crippen molar-refractivity contribution in [2.45, 2.75) is 39.3 Å². The highest BCUT2D eigenvalue weighted by Gasteiger charge is 2.18. The molecule has 3 N–H and O–H groups in total. The topological polar surface area (TPSA) is 129 Å². The van der Waals surface area contributed by atoms with Crippen molar-refractivity contribution in [3.8, 4) is 23.1 Å². The molecule has 4 aromatic rings. The molecule has 0 fully saturated rings. The van der Waals surface area contributed by atoms with Crippen LogP contribution in [0.4, 0.5) is 0 Å². The second-order valence-electron chi connectivity index (χ2n) is 9.57. The van der Waals surface area contributed by atoms with E-state index in [-0.39, 0.29) is 24.1 Å². The Balaban J connectivity index is 1.50. The number of aromatic nitrogens is 2. The summed E-state index contributed by atoms with van der Waals surface area (Å²) in [5.41, 5.74) is 5.33. The molecule has 0 aliphatic heterocycles. The highest BCUT2D eigenvalue weighted by Crippen LogP contribution is 2.23. The molecular weight excluding hydrogens is 494 g/mol. The lowest BCUT2D eigenvalue weighted by molar-refractivity contribution is -0.123. The Morgan fingerprint density at radius 1 is 1.15 bits per heavy atom. The van der Waals surface area contributed by atoms with Crippen LogP contribution in [0.5, 0.6) is 5.75 Å². The van der Waals surface area contributed by atoms with Gasteiger partial charge in [-0.15, -0.1) is 0 Å². The number of fused-ring (bicyclic) bond motifs is 1. The van der Waals surface area contributed by atoms with Gasteiger partial charge in [-0.05, 0) is 62.6 Å². The van der Waals surface area contributed by atoms with E-state index in [1.165, 1.54) is 6.07 Å². The van der Waals surface area contributed by atoms with E-state index in [2.05, 4.69) is 16.7 Å².